The zero-order chi connectivity index (χ0) is 21.9. The van der Waals surface area contributed by atoms with Crippen LogP contribution in [0.15, 0.2) is 62.1 Å². The van der Waals surface area contributed by atoms with Crippen LogP contribution >= 0.6 is 23.1 Å². The molecule has 0 saturated carbocycles. The van der Waals surface area contributed by atoms with Crippen LogP contribution in [0.4, 0.5) is 5.69 Å². The number of aromatic nitrogens is 2. The second kappa shape index (κ2) is 8.84. The topological polar surface area (TPSA) is 101 Å². The summed E-state index contributed by atoms with van der Waals surface area (Å²) >= 11 is 2.81. The number of nitrogens with zero attached hydrogens (tertiary/aromatic N) is 2. The molecule has 0 spiro atoms. The van der Waals surface area contributed by atoms with Crippen molar-refractivity contribution in [3.8, 4) is 0 Å². The van der Waals surface area contributed by atoms with E-state index in [0.29, 0.717) is 16.8 Å². The van der Waals surface area contributed by atoms with Crippen molar-refractivity contribution < 1.29 is 13.2 Å². The lowest BCUT2D eigenvalue weighted by atomic mass is 10.1. The Hall–Kier alpha value is -2.27. The van der Waals surface area contributed by atoms with Gasteiger partial charge in [0.05, 0.1) is 10.6 Å². The van der Waals surface area contributed by atoms with Crippen molar-refractivity contribution in [3.63, 3.8) is 0 Å². The fraction of sp³-hybridized carbons (Fsp3) is 0.250. The zero-order valence-corrected chi connectivity index (χ0v) is 19.4. The molecule has 0 aliphatic rings. The number of hydrogen-bond donors (Lipinski definition) is 2. The van der Waals surface area contributed by atoms with Gasteiger partial charge >= 0.3 is 0 Å². The first-order chi connectivity index (χ1) is 14.0. The third-order valence-electron chi connectivity index (χ3n) is 3.88. The number of aryl methyl sites for hydroxylation is 1. The van der Waals surface area contributed by atoms with Crippen molar-refractivity contribution in [1.82, 2.24) is 14.9 Å². The van der Waals surface area contributed by atoms with Gasteiger partial charge in [-0.05, 0) is 57.5 Å². The molecule has 0 fully saturated rings. The van der Waals surface area contributed by atoms with Gasteiger partial charge in [-0.25, -0.2) is 13.1 Å². The third-order valence-corrected chi connectivity index (χ3v) is 7.49. The number of amides is 1. The molecule has 1 heterocycles. The van der Waals surface area contributed by atoms with Gasteiger partial charge in [0, 0.05) is 16.0 Å². The van der Waals surface area contributed by atoms with E-state index in [1.165, 1.54) is 35.2 Å². The summed E-state index contributed by atoms with van der Waals surface area (Å²) in [5, 5.41) is 10.7. The van der Waals surface area contributed by atoms with Gasteiger partial charge in [0.2, 0.25) is 10.0 Å². The van der Waals surface area contributed by atoms with Gasteiger partial charge < -0.3 is 5.32 Å². The predicted molar refractivity (Wildman–Crippen MR) is 120 cm³/mol. The maximum atomic E-state index is 13.0. The normalized spacial score (nSPS) is 12.0. The molecule has 0 bridgehead atoms. The number of nitrogens with one attached hydrogen (secondary N) is 2. The molecule has 0 saturated heterocycles. The molecule has 3 rings (SSSR count). The third kappa shape index (κ3) is 5.66. The Balaban J connectivity index is 1.88. The van der Waals surface area contributed by atoms with Gasteiger partial charge in [-0.15, -0.1) is 10.2 Å². The van der Waals surface area contributed by atoms with Crippen LogP contribution in [0, 0.1) is 6.92 Å². The molecule has 30 heavy (non-hydrogen) atoms. The molecule has 1 aromatic heterocycles. The number of rotatable bonds is 6. The summed E-state index contributed by atoms with van der Waals surface area (Å²) in [5.41, 5.74) is 2.60. The second-order valence-corrected chi connectivity index (χ2v) is 11.4. The van der Waals surface area contributed by atoms with Crippen LogP contribution in [0.2, 0.25) is 0 Å². The highest BCUT2D eigenvalue weighted by Gasteiger charge is 2.24. The van der Waals surface area contributed by atoms with E-state index >= 15 is 0 Å². The smallest absolute Gasteiger partial charge is 0.256 e. The lowest BCUT2D eigenvalue weighted by Crippen LogP contribution is -2.40. The minimum Gasteiger partial charge on any atom is -0.321 e. The molecule has 158 valence electrons. The predicted octanol–water partition coefficient (Wildman–Crippen LogP) is 4.33. The Labute approximate surface area is 184 Å². The first-order valence-corrected chi connectivity index (χ1v) is 12.2. The van der Waals surface area contributed by atoms with Crippen molar-refractivity contribution in [2.45, 2.75) is 47.4 Å². The number of benzene rings is 2. The van der Waals surface area contributed by atoms with Gasteiger partial charge in [0.15, 0.2) is 4.34 Å². The Morgan fingerprint density at radius 1 is 1.13 bits per heavy atom. The second-order valence-electron chi connectivity index (χ2n) is 7.59. The summed E-state index contributed by atoms with van der Waals surface area (Å²) in [6, 6.07) is 11.9. The first-order valence-electron chi connectivity index (χ1n) is 9.04. The van der Waals surface area contributed by atoms with Gasteiger partial charge in [-0.1, -0.05) is 41.3 Å². The molecule has 1 amide bonds. The standard InChI is InChI=1S/C20H22N4O3S3/c1-13-9-10-14(30(26,27)24-20(2,3)4)11-15(13)18(25)22-16-7-5-6-8-17(16)29-19-23-21-12-28-19/h5-12,24H,1-4H3,(H,22,25). The monoisotopic (exact) mass is 462 g/mol. The lowest BCUT2D eigenvalue weighted by molar-refractivity contribution is 0.102. The largest absolute Gasteiger partial charge is 0.321 e. The van der Waals surface area contributed by atoms with E-state index in [-0.39, 0.29) is 10.8 Å². The SMILES string of the molecule is Cc1ccc(S(=O)(=O)NC(C)(C)C)cc1C(=O)Nc1ccccc1Sc1nncs1. The maximum absolute atomic E-state index is 13.0. The summed E-state index contributed by atoms with van der Waals surface area (Å²) in [7, 11) is -3.75. The van der Waals surface area contributed by atoms with Gasteiger partial charge in [0.1, 0.15) is 5.51 Å². The average molecular weight is 463 g/mol. The molecule has 2 aromatic carbocycles. The van der Waals surface area contributed by atoms with Crippen LogP contribution in [0.5, 0.6) is 0 Å². The minimum absolute atomic E-state index is 0.0460. The summed E-state index contributed by atoms with van der Waals surface area (Å²) < 4.78 is 28.7. The molecule has 0 radical (unpaired) electrons. The fourth-order valence-electron chi connectivity index (χ4n) is 2.62. The first kappa shape index (κ1) is 22.4. The number of carbonyl (C=O) groups excluding carboxylic acids is 1. The van der Waals surface area contributed by atoms with Crippen molar-refractivity contribution in [2.75, 3.05) is 5.32 Å². The summed E-state index contributed by atoms with van der Waals surface area (Å²) in [5.74, 6) is -0.384. The molecule has 0 aliphatic carbocycles. The number of para-hydroxylation sites is 1. The van der Waals surface area contributed by atoms with Crippen LogP contribution in [0.25, 0.3) is 0 Å². The van der Waals surface area contributed by atoms with E-state index in [4.69, 9.17) is 0 Å². The van der Waals surface area contributed by atoms with Crippen LogP contribution in [0.3, 0.4) is 0 Å². The summed E-state index contributed by atoms with van der Waals surface area (Å²) in [4.78, 5) is 13.9. The lowest BCUT2D eigenvalue weighted by Gasteiger charge is -2.21. The Morgan fingerprint density at radius 2 is 1.87 bits per heavy atom. The fourth-order valence-corrected chi connectivity index (χ4v) is 5.59. The summed E-state index contributed by atoms with van der Waals surface area (Å²) in [6.45, 7) is 7.06. The molecule has 0 atom stereocenters. The molecule has 0 unspecified atom stereocenters. The van der Waals surface area contributed by atoms with E-state index in [2.05, 4.69) is 20.2 Å². The molecule has 10 heteroatoms. The van der Waals surface area contributed by atoms with E-state index < -0.39 is 15.6 Å². The van der Waals surface area contributed by atoms with E-state index in [9.17, 15) is 13.2 Å². The maximum Gasteiger partial charge on any atom is 0.256 e. The quantitative estimate of drug-likeness (QED) is 0.566. The van der Waals surface area contributed by atoms with E-state index in [1.54, 1.807) is 45.3 Å². The van der Waals surface area contributed by atoms with Crippen LogP contribution in [-0.4, -0.2) is 30.1 Å². The van der Waals surface area contributed by atoms with Crippen molar-refractivity contribution in [2.24, 2.45) is 0 Å². The Morgan fingerprint density at radius 3 is 2.53 bits per heavy atom. The highest BCUT2D eigenvalue weighted by atomic mass is 32.2. The molecular weight excluding hydrogens is 440 g/mol. The Kier molecular flexibility index (Phi) is 6.61. The highest BCUT2D eigenvalue weighted by molar-refractivity contribution is 8.01. The van der Waals surface area contributed by atoms with Crippen LogP contribution < -0.4 is 10.0 Å². The molecule has 3 aromatic rings. The Bertz CT molecular complexity index is 1150. The number of sulfonamides is 1. The minimum atomic E-state index is -3.75. The highest BCUT2D eigenvalue weighted by Crippen LogP contribution is 2.34. The molecule has 0 aliphatic heterocycles. The molecule has 7 nitrogen and oxygen atoms in total. The molecule has 2 N–H and O–H groups in total. The van der Waals surface area contributed by atoms with Gasteiger partial charge in [-0.3, -0.25) is 4.79 Å². The van der Waals surface area contributed by atoms with Crippen molar-refractivity contribution >= 4 is 44.7 Å². The van der Waals surface area contributed by atoms with Crippen molar-refractivity contribution in [3.05, 3.63) is 59.1 Å². The van der Waals surface area contributed by atoms with E-state index in [1.807, 2.05) is 18.2 Å². The average Bonchev–Trinajstić information content (AvgIpc) is 3.14. The number of hydrogen-bond acceptors (Lipinski definition) is 7. The van der Waals surface area contributed by atoms with Crippen LogP contribution in [0.1, 0.15) is 36.7 Å². The molecular formula is C20H22N4O3S3. The van der Waals surface area contributed by atoms with Crippen LogP contribution in [-0.2, 0) is 10.0 Å². The number of anilines is 1. The zero-order valence-electron chi connectivity index (χ0n) is 17.0. The van der Waals surface area contributed by atoms with Gasteiger partial charge in [0.25, 0.3) is 5.91 Å². The van der Waals surface area contributed by atoms with Gasteiger partial charge in [-0.2, -0.15) is 0 Å². The van der Waals surface area contributed by atoms with Crippen molar-refractivity contribution in [1.29, 1.82) is 0 Å². The number of carbonyl (C=O) groups is 1. The van der Waals surface area contributed by atoms with E-state index in [0.717, 1.165) is 9.24 Å². The summed E-state index contributed by atoms with van der Waals surface area (Å²) in [6.07, 6.45) is 0.